The average molecular weight is 287 g/mol. The smallest absolute Gasteiger partial charge is 0.129 e. The summed E-state index contributed by atoms with van der Waals surface area (Å²) in [5, 5.41) is 12.8. The van der Waals surface area contributed by atoms with Crippen LogP contribution in [-0.4, -0.2) is 5.11 Å². The van der Waals surface area contributed by atoms with Crippen molar-refractivity contribution in [1.29, 1.82) is 0 Å². The molecule has 0 fully saturated rings. The summed E-state index contributed by atoms with van der Waals surface area (Å²) in [6.45, 7) is 0. The predicted octanol–water partition coefficient (Wildman–Crippen LogP) is 4.71. The van der Waals surface area contributed by atoms with Crippen molar-refractivity contribution in [2.24, 2.45) is 0 Å². The molecule has 0 heterocycles. The minimum absolute atomic E-state index is 0.189. The molecule has 0 aliphatic rings. The largest absolute Gasteiger partial charge is 0.384 e. The van der Waals surface area contributed by atoms with Crippen molar-refractivity contribution >= 4 is 22.4 Å². The molecule has 3 rings (SSSR count). The summed E-state index contributed by atoms with van der Waals surface area (Å²) in [5.41, 5.74) is 0.859. The van der Waals surface area contributed by atoms with E-state index in [0.29, 0.717) is 10.6 Å². The van der Waals surface area contributed by atoms with Gasteiger partial charge in [0.05, 0.1) is 0 Å². The van der Waals surface area contributed by atoms with E-state index in [2.05, 4.69) is 0 Å². The van der Waals surface area contributed by atoms with Crippen LogP contribution in [0, 0.1) is 5.82 Å². The number of aliphatic hydroxyl groups is 1. The molecular weight excluding hydrogens is 275 g/mol. The fourth-order valence-electron chi connectivity index (χ4n) is 2.38. The molecule has 0 saturated carbocycles. The third-order valence-electron chi connectivity index (χ3n) is 3.37. The van der Waals surface area contributed by atoms with E-state index >= 15 is 0 Å². The molecule has 20 heavy (non-hydrogen) atoms. The third kappa shape index (κ3) is 2.28. The van der Waals surface area contributed by atoms with Gasteiger partial charge < -0.3 is 5.11 Å². The average Bonchev–Trinajstić information content (AvgIpc) is 2.48. The lowest BCUT2D eigenvalue weighted by atomic mass is 9.95. The van der Waals surface area contributed by atoms with E-state index < -0.39 is 11.9 Å². The van der Waals surface area contributed by atoms with Crippen LogP contribution in [0.5, 0.6) is 0 Å². The molecule has 0 radical (unpaired) electrons. The Morgan fingerprint density at radius 3 is 2.50 bits per heavy atom. The number of aliphatic hydroxyl groups excluding tert-OH is 1. The SMILES string of the molecule is OC(c1cc(Cl)ccc1F)c1cccc2ccccc12. The molecular formula is C17H12ClFO. The molecule has 0 aliphatic carbocycles. The van der Waals surface area contributed by atoms with Gasteiger partial charge in [0.15, 0.2) is 0 Å². The first-order valence-corrected chi connectivity index (χ1v) is 6.65. The first-order valence-electron chi connectivity index (χ1n) is 6.27. The molecule has 1 atom stereocenters. The lowest BCUT2D eigenvalue weighted by Crippen LogP contribution is -2.03. The van der Waals surface area contributed by atoms with Crippen LogP contribution in [0.2, 0.25) is 5.02 Å². The van der Waals surface area contributed by atoms with Gasteiger partial charge in [-0.3, -0.25) is 0 Å². The molecule has 100 valence electrons. The highest BCUT2D eigenvalue weighted by Crippen LogP contribution is 2.31. The first kappa shape index (κ1) is 13.1. The molecule has 3 aromatic carbocycles. The van der Waals surface area contributed by atoms with Crippen LogP contribution in [0.1, 0.15) is 17.2 Å². The van der Waals surface area contributed by atoms with Crippen LogP contribution in [0.25, 0.3) is 10.8 Å². The zero-order valence-corrected chi connectivity index (χ0v) is 11.3. The zero-order chi connectivity index (χ0) is 14.1. The highest BCUT2D eigenvalue weighted by molar-refractivity contribution is 6.30. The number of fused-ring (bicyclic) bond motifs is 1. The molecule has 0 aromatic heterocycles. The number of benzene rings is 3. The van der Waals surface area contributed by atoms with Crippen LogP contribution < -0.4 is 0 Å². The molecule has 1 N–H and O–H groups in total. The zero-order valence-electron chi connectivity index (χ0n) is 10.6. The number of hydrogen-bond donors (Lipinski definition) is 1. The first-order chi connectivity index (χ1) is 9.66. The Hall–Kier alpha value is -1.90. The van der Waals surface area contributed by atoms with E-state index in [0.717, 1.165) is 10.8 Å². The second-order valence-electron chi connectivity index (χ2n) is 4.64. The highest BCUT2D eigenvalue weighted by Gasteiger charge is 2.17. The van der Waals surface area contributed by atoms with Gasteiger partial charge in [0.2, 0.25) is 0 Å². The Labute approximate surface area is 121 Å². The van der Waals surface area contributed by atoms with Crippen molar-refractivity contribution in [3.8, 4) is 0 Å². The minimum Gasteiger partial charge on any atom is -0.384 e. The fourth-order valence-corrected chi connectivity index (χ4v) is 2.56. The molecule has 0 saturated heterocycles. The number of hydrogen-bond acceptors (Lipinski definition) is 1. The summed E-state index contributed by atoms with van der Waals surface area (Å²) in [5.74, 6) is -0.463. The molecule has 3 heteroatoms. The lowest BCUT2D eigenvalue weighted by molar-refractivity contribution is 0.216. The normalized spacial score (nSPS) is 12.6. The second-order valence-corrected chi connectivity index (χ2v) is 5.07. The monoisotopic (exact) mass is 286 g/mol. The van der Waals surface area contributed by atoms with Crippen LogP contribution in [0.3, 0.4) is 0 Å². The summed E-state index contributed by atoms with van der Waals surface area (Å²) in [4.78, 5) is 0. The third-order valence-corrected chi connectivity index (χ3v) is 3.61. The summed E-state index contributed by atoms with van der Waals surface area (Å²) in [7, 11) is 0. The van der Waals surface area contributed by atoms with Crippen LogP contribution in [0.4, 0.5) is 4.39 Å². The quantitative estimate of drug-likeness (QED) is 0.723. The van der Waals surface area contributed by atoms with E-state index in [1.54, 1.807) is 6.07 Å². The lowest BCUT2D eigenvalue weighted by Gasteiger charge is -2.15. The van der Waals surface area contributed by atoms with E-state index in [4.69, 9.17) is 11.6 Å². The van der Waals surface area contributed by atoms with E-state index in [1.807, 2.05) is 36.4 Å². The topological polar surface area (TPSA) is 20.2 Å². The van der Waals surface area contributed by atoms with Gasteiger partial charge in [0, 0.05) is 10.6 Å². The molecule has 1 unspecified atom stereocenters. The standard InChI is InChI=1S/C17H12ClFO/c18-12-8-9-16(19)15(10-12)17(20)14-7-3-5-11-4-1-2-6-13(11)14/h1-10,17,20H. The Bertz CT molecular complexity index is 765. The van der Waals surface area contributed by atoms with Gasteiger partial charge >= 0.3 is 0 Å². The molecule has 0 bridgehead atoms. The second kappa shape index (κ2) is 5.23. The van der Waals surface area contributed by atoms with Gasteiger partial charge in [-0.2, -0.15) is 0 Å². The highest BCUT2D eigenvalue weighted by atomic mass is 35.5. The number of halogens is 2. The maximum absolute atomic E-state index is 13.9. The summed E-state index contributed by atoms with van der Waals surface area (Å²) < 4.78 is 13.9. The van der Waals surface area contributed by atoms with Crippen molar-refractivity contribution in [3.63, 3.8) is 0 Å². The van der Waals surface area contributed by atoms with Crippen LogP contribution in [-0.2, 0) is 0 Å². The van der Waals surface area contributed by atoms with Gasteiger partial charge in [0.25, 0.3) is 0 Å². The summed E-state index contributed by atoms with van der Waals surface area (Å²) in [6, 6.07) is 17.5. The minimum atomic E-state index is -1.04. The van der Waals surface area contributed by atoms with Crippen molar-refractivity contribution in [3.05, 3.63) is 82.6 Å². The predicted molar refractivity (Wildman–Crippen MR) is 79.4 cm³/mol. The van der Waals surface area contributed by atoms with Gasteiger partial charge in [-0.25, -0.2) is 4.39 Å². The molecule has 0 spiro atoms. The van der Waals surface area contributed by atoms with E-state index in [9.17, 15) is 9.50 Å². The van der Waals surface area contributed by atoms with Crippen LogP contribution in [0.15, 0.2) is 60.7 Å². The number of rotatable bonds is 2. The van der Waals surface area contributed by atoms with E-state index in [-0.39, 0.29) is 5.56 Å². The van der Waals surface area contributed by atoms with Gasteiger partial charge in [0.1, 0.15) is 11.9 Å². The van der Waals surface area contributed by atoms with Crippen molar-refractivity contribution in [2.75, 3.05) is 0 Å². The molecule has 1 nitrogen and oxygen atoms in total. The summed E-state index contributed by atoms with van der Waals surface area (Å²) >= 11 is 5.89. The molecule has 0 amide bonds. The van der Waals surface area contributed by atoms with E-state index in [1.165, 1.54) is 18.2 Å². The Kier molecular flexibility index (Phi) is 3.43. The maximum Gasteiger partial charge on any atom is 0.129 e. The van der Waals surface area contributed by atoms with Gasteiger partial charge in [-0.05, 0) is 34.5 Å². The van der Waals surface area contributed by atoms with Gasteiger partial charge in [-0.15, -0.1) is 0 Å². The van der Waals surface area contributed by atoms with Gasteiger partial charge in [-0.1, -0.05) is 54.1 Å². The Balaban J connectivity index is 2.17. The summed E-state index contributed by atoms with van der Waals surface area (Å²) in [6.07, 6.45) is -1.04. The van der Waals surface area contributed by atoms with Crippen molar-refractivity contribution in [1.82, 2.24) is 0 Å². The van der Waals surface area contributed by atoms with Crippen molar-refractivity contribution < 1.29 is 9.50 Å². The maximum atomic E-state index is 13.9. The van der Waals surface area contributed by atoms with Crippen LogP contribution >= 0.6 is 11.6 Å². The fraction of sp³-hybridized carbons (Fsp3) is 0.0588. The molecule has 3 aromatic rings. The Morgan fingerprint density at radius 2 is 1.65 bits per heavy atom. The molecule has 0 aliphatic heterocycles. The Morgan fingerprint density at radius 1 is 0.900 bits per heavy atom. The van der Waals surface area contributed by atoms with Crippen molar-refractivity contribution in [2.45, 2.75) is 6.10 Å².